The Morgan fingerprint density at radius 3 is 2.59 bits per heavy atom. The lowest BCUT2D eigenvalue weighted by molar-refractivity contribution is -0.118. The molecular formula is C23H29FN2O. The maximum Gasteiger partial charge on any atom is 0.226 e. The van der Waals surface area contributed by atoms with Gasteiger partial charge in [0.1, 0.15) is 5.82 Å². The number of anilines is 1. The van der Waals surface area contributed by atoms with Crippen molar-refractivity contribution in [3.63, 3.8) is 0 Å². The number of hydrogen-bond donors (Lipinski definition) is 0. The molecule has 0 spiro atoms. The SMILES string of the molecule is CCC(=O)N(CC1CCCN(CCc2ccc(F)cc2)C1)c1ccccc1. The smallest absolute Gasteiger partial charge is 0.226 e. The molecule has 1 atom stereocenters. The molecule has 2 aromatic rings. The zero-order valence-electron chi connectivity index (χ0n) is 16.1. The average molecular weight is 368 g/mol. The average Bonchev–Trinajstić information content (AvgIpc) is 2.72. The molecule has 1 amide bonds. The highest BCUT2D eigenvalue weighted by Gasteiger charge is 2.24. The number of benzene rings is 2. The Morgan fingerprint density at radius 2 is 1.89 bits per heavy atom. The van der Waals surface area contributed by atoms with Gasteiger partial charge < -0.3 is 9.80 Å². The van der Waals surface area contributed by atoms with E-state index in [4.69, 9.17) is 0 Å². The van der Waals surface area contributed by atoms with E-state index < -0.39 is 0 Å². The minimum Gasteiger partial charge on any atom is -0.312 e. The van der Waals surface area contributed by atoms with Gasteiger partial charge in [0.2, 0.25) is 5.91 Å². The van der Waals surface area contributed by atoms with Gasteiger partial charge in [0.05, 0.1) is 0 Å². The Kier molecular flexibility index (Phi) is 6.99. The van der Waals surface area contributed by atoms with E-state index in [1.807, 2.05) is 54.3 Å². The molecule has 0 radical (unpaired) electrons. The molecule has 1 heterocycles. The number of halogens is 1. The predicted octanol–water partition coefficient (Wildman–Crippen LogP) is 4.52. The second-order valence-corrected chi connectivity index (χ2v) is 7.38. The molecule has 1 saturated heterocycles. The van der Waals surface area contributed by atoms with Gasteiger partial charge in [-0.1, -0.05) is 37.3 Å². The van der Waals surface area contributed by atoms with Crippen molar-refractivity contribution in [1.82, 2.24) is 4.90 Å². The summed E-state index contributed by atoms with van der Waals surface area (Å²) >= 11 is 0. The van der Waals surface area contributed by atoms with E-state index in [-0.39, 0.29) is 11.7 Å². The molecule has 0 N–H and O–H groups in total. The van der Waals surface area contributed by atoms with Crippen molar-refractivity contribution in [2.45, 2.75) is 32.6 Å². The van der Waals surface area contributed by atoms with Crippen LogP contribution in [0.5, 0.6) is 0 Å². The van der Waals surface area contributed by atoms with Crippen molar-refractivity contribution in [2.75, 3.05) is 31.1 Å². The number of carbonyl (C=O) groups is 1. The van der Waals surface area contributed by atoms with Crippen LogP contribution in [0.1, 0.15) is 31.7 Å². The van der Waals surface area contributed by atoms with E-state index in [2.05, 4.69) is 4.90 Å². The predicted molar refractivity (Wildman–Crippen MR) is 108 cm³/mol. The summed E-state index contributed by atoms with van der Waals surface area (Å²) in [5, 5.41) is 0. The number of piperidine rings is 1. The fourth-order valence-electron chi connectivity index (χ4n) is 3.85. The number of likely N-dealkylation sites (tertiary alicyclic amines) is 1. The van der Waals surface area contributed by atoms with Crippen LogP contribution in [0.2, 0.25) is 0 Å². The number of nitrogens with zero attached hydrogens (tertiary/aromatic N) is 2. The molecule has 0 aromatic heterocycles. The van der Waals surface area contributed by atoms with Crippen LogP contribution in [0.4, 0.5) is 10.1 Å². The van der Waals surface area contributed by atoms with Gasteiger partial charge in [-0.3, -0.25) is 4.79 Å². The summed E-state index contributed by atoms with van der Waals surface area (Å²) in [6.07, 6.45) is 3.78. The summed E-state index contributed by atoms with van der Waals surface area (Å²) in [5.74, 6) is 0.491. The van der Waals surface area contributed by atoms with Gasteiger partial charge in [0, 0.05) is 31.7 Å². The van der Waals surface area contributed by atoms with Gasteiger partial charge in [0.25, 0.3) is 0 Å². The van der Waals surface area contributed by atoms with Crippen LogP contribution >= 0.6 is 0 Å². The maximum absolute atomic E-state index is 13.0. The summed E-state index contributed by atoms with van der Waals surface area (Å²) < 4.78 is 13.0. The van der Waals surface area contributed by atoms with Crippen LogP contribution in [0.25, 0.3) is 0 Å². The first-order chi connectivity index (χ1) is 13.2. The lowest BCUT2D eigenvalue weighted by atomic mass is 9.96. The van der Waals surface area contributed by atoms with Gasteiger partial charge in [-0.2, -0.15) is 0 Å². The molecule has 0 aliphatic carbocycles. The summed E-state index contributed by atoms with van der Waals surface area (Å²) in [7, 11) is 0. The zero-order chi connectivity index (χ0) is 19.1. The maximum atomic E-state index is 13.0. The normalized spacial score (nSPS) is 17.6. The Morgan fingerprint density at radius 1 is 1.15 bits per heavy atom. The summed E-state index contributed by atoms with van der Waals surface area (Å²) in [6.45, 7) is 5.80. The summed E-state index contributed by atoms with van der Waals surface area (Å²) in [4.78, 5) is 16.9. The Hall–Kier alpha value is -2.20. The van der Waals surface area contributed by atoms with Crippen molar-refractivity contribution < 1.29 is 9.18 Å². The molecule has 3 rings (SSSR count). The fraction of sp³-hybridized carbons (Fsp3) is 0.435. The van der Waals surface area contributed by atoms with Crippen molar-refractivity contribution in [2.24, 2.45) is 5.92 Å². The van der Waals surface area contributed by atoms with Crippen molar-refractivity contribution in [1.29, 1.82) is 0 Å². The number of para-hydroxylation sites is 1. The third-order valence-corrected chi connectivity index (χ3v) is 5.35. The molecule has 1 unspecified atom stereocenters. The molecule has 2 aromatic carbocycles. The van der Waals surface area contributed by atoms with Crippen LogP contribution in [-0.2, 0) is 11.2 Å². The van der Waals surface area contributed by atoms with Crippen LogP contribution in [0.3, 0.4) is 0 Å². The lowest BCUT2D eigenvalue weighted by Crippen LogP contribution is -2.43. The first-order valence-electron chi connectivity index (χ1n) is 9.98. The second-order valence-electron chi connectivity index (χ2n) is 7.38. The van der Waals surface area contributed by atoms with Gasteiger partial charge in [-0.15, -0.1) is 0 Å². The first kappa shape index (κ1) is 19.6. The van der Waals surface area contributed by atoms with Crippen molar-refractivity contribution >= 4 is 11.6 Å². The van der Waals surface area contributed by atoms with E-state index in [1.165, 1.54) is 17.7 Å². The van der Waals surface area contributed by atoms with E-state index >= 15 is 0 Å². The molecule has 0 bridgehead atoms. The van der Waals surface area contributed by atoms with Crippen LogP contribution in [0.15, 0.2) is 54.6 Å². The molecule has 0 saturated carbocycles. The van der Waals surface area contributed by atoms with E-state index in [9.17, 15) is 9.18 Å². The fourth-order valence-corrected chi connectivity index (χ4v) is 3.85. The third kappa shape index (κ3) is 5.64. The molecule has 1 aliphatic heterocycles. The van der Waals surface area contributed by atoms with Crippen LogP contribution in [-0.4, -0.2) is 37.0 Å². The summed E-state index contributed by atoms with van der Waals surface area (Å²) in [5.41, 5.74) is 2.17. The van der Waals surface area contributed by atoms with Crippen LogP contribution in [0, 0.1) is 11.7 Å². The molecule has 27 heavy (non-hydrogen) atoms. The standard InChI is InChI=1S/C23H29FN2O/c1-2-23(27)26(22-8-4-3-5-9-22)18-20-7-6-15-25(17-20)16-14-19-10-12-21(24)13-11-19/h3-5,8-13,20H,2,6-7,14-18H2,1H3. The Bertz CT molecular complexity index is 717. The van der Waals surface area contributed by atoms with Gasteiger partial charge in [-0.05, 0) is 61.6 Å². The molecule has 1 fully saturated rings. The van der Waals surface area contributed by atoms with E-state index in [1.54, 1.807) is 0 Å². The van der Waals surface area contributed by atoms with Gasteiger partial charge in [-0.25, -0.2) is 4.39 Å². The monoisotopic (exact) mass is 368 g/mol. The second kappa shape index (κ2) is 9.65. The minimum absolute atomic E-state index is 0.182. The van der Waals surface area contributed by atoms with E-state index in [0.29, 0.717) is 12.3 Å². The number of carbonyl (C=O) groups excluding carboxylic acids is 1. The first-order valence-corrected chi connectivity index (χ1v) is 9.98. The quantitative estimate of drug-likeness (QED) is 0.717. The van der Waals surface area contributed by atoms with Crippen LogP contribution < -0.4 is 4.90 Å². The topological polar surface area (TPSA) is 23.6 Å². The molecule has 3 nitrogen and oxygen atoms in total. The van der Waals surface area contributed by atoms with Gasteiger partial charge >= 0.3 is 0 Å². The zero-order valence-corrected chi connectivity index (χ0v) is 16.1. The summed E-state index contributed by atoms with van der Waals surface area (Å²) in [6, 6.07) is 16.8. The largest absolute Gasteiger partial charge is 0.312 e. The molecule has 144 valence electrons. The Balaban J connectivity index is 1.57. The Labute approximate surface area is 161 Å². The lowest BCUT2D eigenvalue weighted by Gasteiger charge is -2.35. The van der Waals surface area contributed by atoms with E-state index in [0.717, 1.165) is 51.1 Å². The number of rotatable bonds is 7. The number of hydrogen-bond acceptors (Lipinski definition) is 2. The highest BCUT2D eigenvalue weighted by molar-refractivity contribution is 5.93. The van der Waals surface area contributed by atoms with Gasteiger partial charge in [0.15, 0.2) is 0 Å². The highest BCUT2D eigenvalue weighted by atomic mass is 19.1. The van der Waals surface area contributed by atoms with Crippen molar-refractivity contribution in [3.8, 4) is 0 Å². The number of amides is 1. The molecular weight excluding hydrogens is 339 g/mol. The highest BCUT2D eigenvalue weighted by Crippen LogP contribution is 2.22. The molecule has 1 aliphatic rings. The molecule has 4 heteroatoms. The third-order valence-electron chi connectivity index (χ3n) is 5.35. The van der Waals surface area contributed by atoms with Crippen molar-refractivity contribution in [3.05, 3.63) is 66.0 Å². The minimum atomic E-state index is -0.182.